The summed E-state index contributed by atoms with van der Waals surface area (Å²) < 4.78 is 8.95. The summed E-state index contributed by atoms with van der Waals surface area (Å²) in [6.07, 6.45) is -0.959. The average Bonchev–Trinajstić information content (AvgIpc) is 2.24. The number of hydrogen-bond acceptors (Lipinski definition) is 6. The molecule has 0 aromatic heterocycles. The monoisotopic (exact) mass is 232 g/mol. The molecule has 0 unspecified atom stereocenters. The third kappa shape index (κ3) is 5.84. The van der Waals surface area contributed by atoms with Crippen LogP contribution in [0.25, 0.3) is 0 Å². The van der Waals surface area contributed by atoms with Crippen LogP contribution >= 0.6 is 0 Å². The van der Waals surface area contributed by atoms with Crippen molar-refractivity contribution in [3.63, 3.8) is 0 Å². The average molecular weight is 232 g/mol. The highest BCUT2D eigenvalue weighted by Gasteiger charge is 2.22. The van der Waals surface area contributed by atoms with Crippen molar-refractivity contribution in [2.24, 2.45) is 0 Å². The van der Waals surface area contributed by atoms with Crippen molar-refractivity contribution < 1.29 is 29.0 Å². The molecular formula is C9H14NO6-. The summed E-state index contributed by atoms with van der Waals surface area (Å²) in [5.74, 6) is -2.29. The Morgan fingerprint density at radius 3 is 2.44 bits per heavy atom. The molecule has 0 heterocycles. The molecule has 0 spiro atoms. The van der Waals surface area contributed by atoms with Gasteiger partial charge in [0, 0.05) is 12.4 Å². The Balaban J connectivity index is 4.34. The van der Waals surface area contributed by atoms with Crippen LogP contribution in [0, 0.1) is 0 Å². The Kier molecular flexibility index (Phi) is 6.66. The standard InChI is InChI=1S/C9H15NO6/c1-3-4-16-8(13)6(5-7(11)12)10-9(14)15-2/h6H,3-5H2,1-2H3,(H,10,14)(H,11,12)/p-1/t6-/m0/s1. The molecule has 0 bridgehead atoms. The van der Waals surface area contributed by atoms with E-state index in [1.165, 1.54) is 0 Å². The fourth-order valence-corrected chi connectivity index (χ4v) is 0.864. The summed E-state index contributed by atoms with van der Waals surface area (Å²) >= 11 is 0. The van der Waals surface area contributed by atoms with Crippen molar-refractivity contribution in [3.8, 4) is 0 Å². The summed E-state index contributed by atoms with van der Waals surface area (Å²) in [5, 5.41) is 12.4. The Hall–Kier alpha value is -1.79. The van der Waals surface area contributed by atoms with Gasteiger partial charge in [-0.15, -0.1) is 0 Å². The van der Waals surface area contributed by atoms with E-state index in [-0.39, 0.29) is 6.61 Å². The topological polar surface area (TPSA) is 105 Å². The first-order valence-electron chi connectivity index (χ1n) is 4.72. The Labute approximate surface area is 92.7 Å². The van der Waals surface area contributed by atoms with Gasteiger partial charge in [0.15, 0.2) is 0 Å². The summed E-state index contributed by atoms with van der Waals surface area (Å²) in [6.45, 7) is 1.94. The zero-order valence-corrected chi connectivity index (χ0v) is 9.15. The normalized spacial score (nSPS) is 11.4. The van der Waals surface area contributed by atoms with E-state index in [0.29, 0.717) is 6.42 Å². The van der Waals surface area contributed by atoms with Crippen LogP contribution in [-0.2, 0) is 19.1 Å². The van der Waals surface area contributed by atoms with Crippen molar-refractivity contribution in [1.29, 1.82) is 0 Å². The minimum absolute atomic E-state index is 0.158. The predicted octanol–water partition coefficient (Wildman–Crippen LogP) is -1.20. The number of carbonyl (C=O) groups is 3. The smallest absolute Gasteiger partial charge is 0.407 e. The lowest BCUT2D eigenvalue weighted by Crippen LogP contribution is -2.45. The lowest BCUT2D eigenvalue weighted by molar-refractivity contribution is -0.306. The number of alkyl carbamates (subject to hydrolysis) is 1. The van der Waals surface area contributed by atoms with Gasteiger partial charge in [-0.3, -0.25) is 0 Å². The van der Waals surface area contributed by atoms with E-state index >= 15 is 0 Å². The first-order chi connectivity index (χ1) is 7.51. The van der Waals surface area contributed by atoms with Crippen LogP contribution in [0.2, 0.25) is 0 Å². The molecule has 0 aromatic rings. The summed E-state index contributed by atoms with van der Waals surface area (Å²) in [5.41, 5.74) is 0. The lowest BCUT2D eigenvalue weighted by Gasteiger charge is -2.16. The van der Waals surface area contributed by atoms with E-state index in [9.17, 15) is 19.5 Å². The van der Waals surface area contributed by atoms with Gasteiger partial charge in [-0.1, -0.05) is 6.92 Å². The molecule has 7 nitrogen and oxygen atoms in total. The fourth-order valence-electron chi connectivity index (χ4n) is 0.864. The van der Waals surface area contributed by atoms with E-state index in [1.807, 2.05) is 0 Å². The predicted molar refractivity (Wildman–Crippen MR) is 50.2 cm³/mol. The maximum absolute atomic E-state index is 11.3. The van der Waals surface area contributed by atoms with Gasteiger partial charge in [-0.25, -0.2) is 9.59 Å². The maximum atomic E-state index is 11.3. The SMILES string of the molecule is CCCOC(=O)[C@H](CC(=O)[O-])NC(=O)OC. The lowest BCUT2D eigenvalue weighted by atomic mass is 10.2. The molecular weight excluding hydrogens is 218 g/mol. The Bertz CT molecular complexity index is 265. The molecule has 0 fully saturated rings. The number of amides is 1. The van der Waals surface area contributed by atoms with Gasteiger partial charge in [0.25, 0.3) is 0 Å². The van der Waals surface area contributed by atoms with Crippen LogP contribution in [0.5, 0.6) is 0 Å². The van der Waals surface area contributed by atoms with Gasteiger partial charge in [0.05, 0.1) is 13.7 Å². The minimum atomic E-state index is -1.46. The van der Waals surface area contributed by atoms with Crippen LogP contribution in [-0.4, -0.2) is 37.8 Å². The number of carboxylic acid groups (broad SMARTS) is 1. The Morgan fingerprint density at radius 1 is 1.38 bits per heavy atom. The van der Waals surface area contributed by atoms with Crippen molar-refractivity contribution >= 4 is 18.0 Å². The number of ether oxygens (including phenoxy) is 2. The summed E-state index contributed by atoms with van der Waals surface area (Å²) in [7, 11) is 1.10. The number of carbonyl (C=O) groups excluding carboxylic acids is 3. The fraction of sp³-hybridized carbons (Fsp3) is 0.667. The van der Waals surface area contributed by atoms with E-state index < -0.39 is 30.5 Å². The molecule has 0 aliphatic rings. The molecule has 1 atom stereocenters. The van der Waals surface area contributed by atoms with Crippen molar-refractivity contribution in [3.05, 3.63) is 0 Å². The number of rotatable bonds is 6. The molecule has 0 aliphatic carbocycles. The number of methoxy groups -OCH3 is 1. The second-order valence-corrected chi connectivity index (χ2v) is 2.93. The summed E-state index contributed by atoms with van der Waals surface area (Å²) in [4.78, 5) is 32.5. The zero-order chi connectivity index (χ0) is 12.6. The number of carboxylic acids is 1. The molecule has 1 amide bonds. The molecule has 16 heavy (non-hydrogen) atoms. The minimum Gasteiger partial charge on any atom is -0.550 e. The van der Waals surface area contributed by atoms with Crippen LogP contribution in [0.4, 0.5) is 4.79 Å². The van der Waals surface area contributed by atoms with E-state index in [1.54, 1.807) is 6.92 Å². The van der Waals surface area contributed by atoms with Gasteiger partial charge in [-0.05, 0) is 6.42 Å². The van der Waals surface area contributed by atoms with Crippen LogP contribution in [0.1, 0.15) is 19.8 Å². The number of aliphatic carboxylic acids is 1. The molecule has 0 rings (SSSR count). The van der Waals surface area contributed by atoms with Gasteiger partial charge >= 0.3 is 12.1 Å². The number of esters is 1. The quantitative estimate of drug-likeness (QED) is 0.577. The molecule has 7 heteroatoms. The van der Waals surface area contributed by atoms with E-state index in [2.05, 4.69) is 10.1 Å². The van der Waals surface area contributed by atoms with Crippen molar-refractivity contribution in [2.75, 3.05) is 13.7 Å². The molecule has 0 radical (unpaired) electrons. The van der Waals surface area contributed by atoms with E-state index in [0.717, 1.165) is 7.11 Å². The van der Waals surface area contributed by atoms with E-state index in [4.69, 9.17) is 4.74 Å². The number of nitrogens with one attached hydrogen (secondary N) is 1. The van der Waals surface area contributed by atoms with Gasteiger partial charge in [0.1, 0.15) is 6.04 Å². The highest BCUT2D eigenvalue weighted by Crippen LogP contribution is 1.97. The molecule has 0 saturated carbocycles. The third-order valence-corrected chi connectivity index (χ3v) is 1.58. The molecule has 0 aromatic carbocycles. The van der Waals surface area contributed by atoms with Crippen LogP contribution in [0.15, 0.2) is 0 Å². The first-order valence-corrected chi connectivity index (χ1v) is 4.72. The summed E-state index contributed by atoms with van der Waals surface area (Å²) in [6, 6.07) is -1.29. The number of hydrogen-bond donors (Lipinski definition) is 1. The third-order valence-electron chi connectivity index (χ3n) is 1.58. The maximum Gasteiger partial charge on any atom is 0.407 e. The first kappa shape index (κ1) is 14.2. The van der Waals surface area contributed by atoms with Crippen molar-refractivity contribution in [1.82, 2.24) is 5.32 Å². The highest BCUT2D eigenvalue weighted by atomic mass is 16.5. The molecule has 0 saturated heterocycles. The van der Waals surface area contributed by atoms with Gasteiger partial charge < -0.3 is 24.7 Å². The molecule has 0 aliphatic heterocycles. The molecule has 92 valence electrons. The second kappa shape index (κ2) is 7.49. The van der Waals surface area contributed by atoms with Gasteiger partial charge in [0.2, 0.25) is 0 Å². The zero-order valence-electron chi connectivity index (χ0n) is 9.15. The Morgan fingerprint density at radius 2 is 2.00 bits per heavy atom. The molecule has 1 N–H and O–H groups in total. The van der Waals surface area contributed by atoms with Crippen LogP contribution < -0.4 is 10.4 Å². The largest absolute Gasteiger partial charge is 0.550 e. The van der Waals surface area contributed by atoms with Crippen molar-refractivity contribution in [2.45, 2.75) is 25.8 Å². The van der Waals surface area contributed by atoms with Gasteiger partial charge in [-0.2, -0.15) is 0 Å². The second-order valence-electron chi connectivity index (χ2n) is 2.93. The van der Waals surface area contributed by atoms with Crippen LogP contribution in [0.3, 0.4) is 0 Å². The highest BCUT2D eigenvalue weighted by molar-refractivity contribution is 5.85.